The number of aliphatic carboxylic acids is 1. The lowest BCUT2D eigenvalue weighted by Gasteiger charge is -2.24. The lowest BCUT2D eigenvalue weighted by Crippen LogP contribution is -2.28. The van der Waals surface area contributed by atoms with E-state index in [2.05, 4.69) is 34.7 Å². The fraction of sp³-hybridized carbons (Fsp3) is 0.273. The van der Waals surface area contributed by atoms with Crippen molar-refractivity contribution >= 4 is 51.1 Å². The maximum Gasteiger partial charge on any atom is 0.309 e. The van der Waals surface area contributed by atoms with Crippen molar-refractivity contribution in [1.82, 2.24) is 9.55 Å². The SMILES string of the molecule is CC1Cc2c(OCc3ccnc4ccccc34)ccc3c2c(c(CC(C)(C)C(=O)O)n3Cc2ccc(Cl)cc2)S1. The Morgan fingerprint density at radius 1 is 1.12 bits per heavy atom. The van der Waals surface area contributed by atoms with Crippen molar-refractivity contribution in [2.45, 2.75) is 56.9 Å². The molecule has 40 heavy (non-hydrogen) atoms. The average Bonchev–Trinajstić information content (AvgIpc) is 3.21. The zero-order valence-corrected chi connectivity index (χ0v) is 24.4. The van der Waals surface area contributed by atoms with Gasteiger partial charge < -0.3 is 14.4 Å². The van der Waals surface area contributed by atoms with Gasteiger partial charge in [-0.3, -0.25) is 9.78 Å². The van der Waals surface area contributed by atoms with Gasteiger partial charge in [0.1, 0.15) is 12.4 Å². The van der Waals surface area contributed by atoms with Gasteiger partial charge in [0.2, 0.25) is 0 Å². The van der Waals surface area contributed by atoms with E-state index in [0.29, 0.717) is 29.8 Å². The van der Waals surface area contributed by atoms with Gasteiger partial charge >= 0.3 is 5.97 Å². The van der Waals surface area contributed by atoms with E-state index in [1.807, 2.05) is 66.5 Å². The highest BCUT2D eigenvalue weighted by Gasteiger charge is 2.34. The molecule has 1 atom stereocenters. The molecule has 204 valence electrons. The molecule has 1 aliphatic heterocycles. The van der Waals surface area contributed by atoms with Gasteiger partial charge in [0.05, 0.1) is 16.4 Å². The van der Waals surface area contributed by atoms with Gasteiger partial charge in [0.25, 0.3) is 0 Å². The molecule has 1 unspecified atom stereocenters. The number of nitrogens with zero attached hydrogens (tertiary/aromatic N) is 2. The summed E-state index contributed by atoms with van der Waals surface area (Å²) in [5, 5.41) is 13.3. The number of rotatable bonds is 8. The van der Waals surface area contributed by atoms with Crippen LogP contribution in [0.25, 0.3) is 21.8 Å². The monoisotopic (exact) mass is 570 g/mol. The Morgan fingerprint density at radius 2 is 1.90 bits per heavy atom. The number of fused-ring (bicyclic) bond motifs is 1. The van der Waals surface area contributed by atoms with Crippen molar-refractivity contribution in [3.63, 3.8) is 0 Å². The van der Waals surface area contributed by atoms with Gasteiger partial charge in [-0.25, -0.2) is 0 Å². The van der Waals surface area contributed by atoms with E-state index in [0.717, 1.165) is 45.4 Å². The summed E-state index contributed by atoms with van der Waals surface area (Å²) in [5.41, 5.74) is 5.63. The van der Waals surface area contributed by atoms with Gasteiger partial charge in [-0.15, -0.1) is 11.8 Å². The molecule has 0 aliphatic carbocycles. The van der Waals surface area contributed by atoms with E-state index in [9.17, 15) is 9.90 Å². The second-order valence-electron chi connectivity index (χ2n) is 11.2. The average molecular weight is 571 g/mol. The molecule has 0 bridgehead atoms. The van der Waals surface area contributed by atoms with Crippen LogP contribution in [0.15, 0.2) is 77.8 Å². The normalized spacial score (nSPS) is 15.1. The van der Waals surface area contributed by atoms with E-state index in [1.165, 1.54) is 15.8 Å². The van der Waals surface area contributed by atoms with E-state index >= 15 is 0 Å². The number of pyridine rings is 1. The summed E-state index contributed by atoms with van der Waals surface area (Å²) >= 11 is 8.01. The molecular weight excluding hydrogens is 540 g/mol. The van der Waals surface area contributed by atoms with E-state index in [4.69, 9.17) is 16.3 Å². The van der Waals surface area contributed by atoms with Crippen LogP contribution < -0.4 is 4.74 Å². The molecule has 6 rings (SSSR count). The van der Waals surface area contributed by atoms with Crippen molar-refractivity contribution in [1.29, 1.82) is 0 Å². The Hall–Kier alpha value is -3.48. The predicted molar refractivity (Wildman–Crippen MR) is 163 cm³/mol. The van der Waals surface area contributed by atoms with Crippen LogP contribution in [-0.2, 0) is 30.8 Å². The van der Waals surface area contributed by atoms with Crippen LogP contribution in [0.2, 0.25) is 5.02 Å². The van der Waals surface area contributed by atoms with Crippen molar-refractivity contribution in [3.05, 3.63) is 100 Å². The molecule has 0 saturated carbocycles. The molecule has 0 radical (unpaired) electrons. The van der Waals surface area contributed by atoms with Crippen LogP contribution in [0.5, 0.6) is 5.75 Å². The molecule has 7 heteroatoms. The number of thioether (sulfide) groups is 1. The smallest absolute Gasteiger partial charge is 0.309 e. The predicted octanol–water partition coefficient (Wildman–Crippen LogP) is 8.16. The number of halogens is 1. The summed E-state index contributed by atoms with van der Waals surface area (Å²) in [6.45, 7) is 6.92. The standard InChI is InChI=1S/C33H31ClN2O3S/c1-20-16-25-29(39-19-22-14-15-35-26-7-5-4-6-24(22)26)13-12-27-30(25)31(40-20)28(17-33(2,3)32(37)38)36(27)18-21-8-10-23(34)11-9-21/h4-15,20H,16-19H2,1-3H3,(H,37,38). The van der Waals surface area contributed by atoms with Crippen LogP contribution in [0.4, 0.5) is 0 Å². The van der Waals surface area contributed by atoms with Crippen molar-refractivity contribution in [3.8, 4) is 5.75 Å². The lowest BCUT2D eigenvalue weighted by atomic mass is 9.87. The van der Waals surface area contributed by atoms with Crippen molar-refractivity contribution in [2.75, 3.05) is 0 Å². The molecule has 1 aliphatic rings. The van der Waals surface area contributed by atoms with Gasteiger partial charge in [-0.05, 0) is 62.2 Å². The summed E-state index contributed by atoms with van der Waals surface area (Å²) in [5.74, 6) is 0.0835. The van der Waals surface area contributed by atoms with Crippen LogP contribution in [0.3, 0.4) is 0 Å². The van der Waals surface area contributed by atoms with Crippen LogP contribution in [-0.4, -0.2) is 25.9 Å². The number of carbonyl (C=O) groups is 1. The summed E-state index contributed by atoms with van der Waals surface area (Å²) in [6.07, 6.45) is 3.14. The highest BCUT2D eigenvalue weighted by atomic mass is 35.5. The first-order chi connectivity index (χ1) is 19.2. The third-order valence-electron chi connectivity index (χ3n) is 7.73. The third-order valence-corrected chi connectivity index (χ3v) is 9.23. The zero-order valence-electron chi connectivity index (χ0n) is 22.8. The third kappa shape index (κ3) is 4.95. The minimum atomic E-state index is -0.911. The first-order valence-corrected chi connectivity index (χ1v) is 14.7. The first kappa shape index (κ1) is 26.7. The number of aromatic nitrogens is 2. The van der Waals surface area contributed by atoms with Gasteiger partial charge in [-0.2, -0.15) is 0 Å². The largest absolute Gasteiger partial charge is 0.489 e. The fourth-order valence-electron chi connectivity index (χ4n) is 5.56. The number of ether oxygens (including phenoxy) is 1. The number of benzene rings is 3. The molecule has 2 aromatic heterocycles. The quantitative estimate of drug-likeness (QED) is 0.204. The van der Waals surface area contributed by atoms with Gasteiger partial charge in [0.15, 0.2) is 0 Å². The second kappa shape index (κ2) is 10.5. The molecule has 0 saturated heterocycles. The Balaban J connectivity index is 1.46. The minimum Gasteiger partial charge on any atom is -0.489 e. The van der Waals surface area contributed by atoms with Crippen molar-refractivity contribution < 1.29 is 14.6 Å². The van der Waals surface area contributed by atoms with Crippen LogP contribution >= 0.6 is 23.4 Å². The molecule has 3 heterocycles. The van der Waals surface area contributed by atoms with Crippen molar-refractivity contribution in [2.24, 2.45) is 5.41 Å². The molecule has 3 aromatic carbocycles. The second-order valence-corrected chi connectivity index (χ2v) is 13.1. The molecule has 0 amide bonds. The number of hydrogen-bond acceptors (Lipinski definition) is 4. The summed E-state index contributed by atoms with van der Waals surface area (Å²) in [4.78, 5) is 17.9. The summed E-state index contributed by atoms with van der Waals surface area (Å²) < 4.78 is 8.83. The molecular formula is C33H31ClN2O3S. The Kier molecular flexibility index (Phi) is 7.01. The summed E-state index contributed by atoms with van der Waals surface area (Å²) in [6, 6.07) is 22.2. The summed E-state index contributed by atoms with van der Waals surface area (Å²) in [7, 11) is 0. The molecule has 5 nitrogen and oxygen atoms in total. The van der Waals surface area contributed by atoms with Gasteiger partial charge in [0, 0.05) is 61.9 Å². The van der Waals surface area contributed by atoms with Crippen LogP contribution in [0.1, 0.15) is 43.2 Å². The maximum atomic E-state index is 12.2. The molecule has 0 spiro atoms. The maximum absolute atomic E-state index is 12.2. The molecule has 5 aromatic rings. The Labute approximate surface area is 243 Å². The lowest BCUT2D eigenvalue weighted by molar-refractivity contribution is -0.146. The van der Waals surface area contributed by atoms with Crippen LogP contribution in [0, 0.1) is 5.41 Å². The number of para-hydroxylation sites is 1. The minimum absolute atomic E-state index is 0.334. The van der Waals surface area contributed by atoms with E-state index < -0.39 is 11.4 Å². The molecule has 1 N–H and O–H groups in total. The first-order valence-electron chi connectivity index (χ1n) is 13.5. The van der Waals surface area contributed by atoms with Gasteiger partial charge in [-0.1, -0.05) is 48.9 Å². The zero-order chi connectivity index (χ0) is 28.0. The van der Waals surface area contributed by atoms with E-state index in [1.54, 1.807) is 13.8 Å². The highest BCUT2D eigenvalue weighted by molar-refractivity contribution is 8.00. The van der Waals surface area contributed by atoms with E-state index in [-0.39, 0.29) is 0 Å². The highest BCUT2D eigenvalue weighted by Crippen LogP contribution is 2.48. The molecule has 0 fully saturated rings. The Morgan fingerprint density at radius 3 is 2.67 bits per heavy atom. The number of carboxylic acids is 1. The Bertz CT molecular complexity index is 1740. The number of hydrogen-bond donors (Lipinski definition) is 1. The topological polar surface area (TPSA) is 64.3 Å². The number of carboxylic acid groups (broad SMARTS) is 1. The fourth-order valence-corrected chi connectivity index (χ4v) is 7.00.